The molecular weight excluding hydrogens is 198 g/mol. The van der Waals surface area contributed by atoms with Crippen LogP contribution in [0.1, 0.15) is 18.4 Å². The van der Waals surface area contributed by atoms with Crippen molar-refractivity contribution in [2.24, 2.45) is 0 Å². The summed E-state index contributed by atoms with van der Waals surface area (Å²) in [6, 6.07) is 3.57. The lowest BCUT2D eigenvalue weighted by Gasteiger charge is -2.17. The second kappa shape index (κ2) is 3.96. The molecule has 0 unspecified atom stereocenters. The molecule has 15 heavy (non-hydrogen) atoms. The van der Waals surface area contributed by atoms with Crippen LogP contribution in [0.4, 0.5) is 8.78 Å². The molecule has 1 saturated heterocycles. The molecule has 4 heteroatoms. The Labute approximate surface area is 87.0 Å². The minimum Gasteiger partial charge on any atom is -0.356 e. The van der Waals surface area contributed by atoms with E-state index in [1.165, 1.54) is 12.1 Å². The molecule has 1 aliphatic rings. The first-order valence-corrected chi connectivity index (χ1v) is 4.93. The third-order valence-corrected chi connectivity index (χ3v) is 2.60. The molecule has 0 atom stereocenters. The van der Waals surface area contributed by atoms with Crippen molar-refractivity contribution >= 4 is 5.84 Å². The number of hydrogen-bond acceptors (Lipinski definition) is 1. The number of benzene rings is 1. The van der Waals surface area contributed by atoms with Crippen LogP contribution in [0.2, 0.25) is 0 Å². The fourth-order valence-corrected chi connectivity index (χ4v) is 1.76. The summed E-state index contributed by atoms with van der Waals surface area (Å²) in [4.78, 5) is 1.82. The standard InChI is InChI=1S/C11H12F2N2/c12-9-4-3-8(10(13)6-9)7-15-5-1-2-11(15)14/h3-4,6,14H,1-2,5,7H2. The molecule has 0 amide bonds. The summed E-state index contributed by atoms with van der Waals surface area (Å²) >= 11 is 0. The highest BCUT2D eigenvalue weighted by molar-refractivity contribution is 5.80. The molecule has 0 aliphatic carbocycles. The summed E-state index contributed by atoms with van der Waals surface area (Å²) < 4.78 is 25.9. The van der Waals surface area contributed by atoms with Crippen molar-refractivity contribution in [3.05, 3.63) is 35.4 Å². The van der Waals surface area contributed by atoms with Crippen molar-refractivity contribution in [2.75, 3.05) is 6.54 Å². The van der Waals surface area contributed by atoms with Gasteiger partial charge in [0.25, 0.3) is 0 Å². The number of halogens is 2. The Morgan fingerprint density at radius 3 is 2.73 bits per heavy atom. The highest BCUT2D eigenvalue weighted by Crippen LogP contribution is 2.17. The first-order valence-electron chi connectivity index (χ1n) is 4.93. The lowest BCUT2D eigenvalue weighted by molar-refractivity contribution is 0.432. The quantitative estimate of drug-likeness (QED) is 0.797. The lowest BCUT2D eigenvalue weighted by atomic mass is 10.2. The van der Waals surface area contributed by atoms with E-state index in [2.05, 4.69) is 0 Å². The summed E-state index contributed by atoms with van der Waals surface area (Å²) in [5.74, 6) is -0.554. The number of hydrogen-bond donors (Lipinski definition) is 1. The van der Waals surface area contributed by atoms with E-state index in [9.17, 15) is 8.78 Å². The zero-order valence-corrected chi connectivity index (χ0v) is 8.26. The van der Waals surface area contributed by atoms with Gasteiger partial charge in [0.05, 0.1) is 5.84 Å². The third kappa shape index (κ3) is 2.14. The third-order valence-electron chi connectivity index (χ3n) is 2.60. The number of rotatable bonds is 2. The van der Waals surface area contributed by atoms with Crippen LogP contribution in [0.25, 0.3) is 0 Å². The van der Waals surface area contributed by atoms with Crippen molar-refractivity contribution in [1.29, 1.82) is 5.41 Å². The van der Waals surface area contributed by atoms with Crippen LogP contribution >= 0.6 is 0 Å². The van der Waals surface area contributed by atoms with Crippen LogP contribution < -0.4 is 0 Å². The Hall–Kier alpha value is -1.45. The van der Waals surface area contributed by atoms with Crippen molar-refractivity contribution in [3.63, 3.8) is 0 Å². The highest BCUT2D eigenvalue weighted by Gasteiger charge is 2.18. The second-order valence-electron chi connectivity index (χ2n) is 3.71. The van der Waals surface area contributed by atoms with E-state index in [4.69, 9.17) is 5.41 Å². The molecule has 1 aromatic rings. The van der Waals surface area contributed by atoms with Crippen molar-refractivity contribution in [2.45, 2.75) is 19.4 Å². The average molecular weight is 210 g/mol. The van der Waals surface area contributed by atoms with Crippen molar-refractivity contribution in [3.8, 4) is 0 Å². The SMILES string of the molecule is N=C1CCCN1Cc1ccc(F)cc1F. The molecule has 0 saturated carbocycles. The maximum Gasteiger partial charge on any atom is 0.131 e. The predicted molar refractivity (Wildman–Crippen MR) is 53.7 cm³/mol. The number of likely N-dealkylation sites (tertiary alicyclic amines) is 1. The van der Waals surface area contributed by atoms with Gasteiger partial charge in [0.15, 0.2) is 0 Å². The molecule has 1 aromatic carbocycles. The molecular formula is C11H12F2N2. The Morgan fingerprint density at radius 1 is 1.33 bits per heavy atom. The molecule has 0 radical (unpaired) electrons. The van der Waals surface area contributed by atoms with Gasteiger partial charge in [-0.15, -0.1) is 0 Å². The van der Waals surface area contributed by atoms with Gasteiger partial charge in [0.2, 0.25) is 0 Å². The van der Waals surface area contributed by atoms with E-state index in [1.54, 1.807) is 0 Å². The molecule has 1 fully saturated rings. The fraction of sp³-hybridized carbons (Fsp3) is 0.364. The minimum atomic E-state index is -0.562. The molecule has 2 rings (SSSR count). The second-order valence-corrected chi connectivity index (χ2v) is 3.71. The number of amidine groups is 1. The maximum absolute atomic E-state index is 13.3. The Balaban J connectivity index is 2.13. The van der Waals surface area contributed by atoms with E-state index in [-0.39, 0.29) is 0 Å². The van der Waals surface area contributed by atoms with E-state index in [1.807, 2.05) is 4.90 Å². The zero-order valence-electron chi connectivity index (χ0n) is 8.26. The lowest BCUT2D eigenvalue weighted by Crippen LogP contribution is -2.23. The van der Waals surface area contributed by atoms with E-state index < -0.39 is 11.6 Å². The van der Waals surface area contributed by atoms with Gasteiger partial charge in [-0.05, 0) is 12.5 Å². The van der Waals surface area contributed by atoms with E-state index >= 15 is 0 Å². The number of nitrogens with zero attached hydrogens (tertiary/aromatic N) is 1. The zero-order chi connectivity index (χ0) is 10.8. The Kier molecular flexibility index (Phi) is 2.66. The van der Waals surface area contributed by atoms with Gasteiger partial charge >= 0.3 is 0 Å². The van der Waals surface area contributed by atoms with Crippen molar-refractivity contribution < 1.29 is 8.78 Å². The normalized spacial score (nSPS) is 16.1. The van der Waals surface area contributed by atoms with Crippen LogP contribution in [0.5, 0.6) is 0 Å². The highest BCUT2D eigenvalue weighted by atomic mass is 19.1. The molecule has 1 aliphatic heterocycles. The summed E-state index contributed by atoms with van der Waals surface area (Å²) in [7, 11) is 0. The molecule has 2 nitrogen and oxygen atoms in total. The molecule has 0 bridgehead atoms. The average Bonchev–Trinajstić information content (AvgIpc) is 2.57. The molecule has 0 spiro atoms. The smallest absolute Gasteiger partial charge is 0.131 e. The summed E-state index contributed by atoms with van der Waals surface area (Å²) in [6.45, 7) is 1.15. The summed E-state index contributed by atoms with van der Waals surface area (Å²) in [5, 5.41) is 7.60. The van der Waals surface area contributed by atoms with Crippen LogP contribution in [0, 0.1) is 17.0 Å². The monoisotopic (exact) mass is 210 g/mol. The Bertz CT molecular complexity index is 390. The molecule has 0 aromatic heterocycles. The minimum absolute atomic E-state index is 0.366. The topological polar surface area (TPSA) is 27.1 Å². The van der Waals surface area contributed by atoms with Gasteiger partial charge in [-0.3, -0.25) is 5.41 Å². The van der Waals surface area contributed by atoms with Crippen LogP contribution in [0.15, 0.2) is 18.2 Å². The first kappa shape index (κ1) is 10.1. The van der Waals surface area contributed by atoms with Crippen LogP contribution in [-0.4, -0.2) is 17.3 Å². The largest absolute Gasteiger partial charge is 0.356 e. The molecule has 1 heterocycles. The van der Waals surface area contributed by atoms with E-state index in [0.29, 0.717) is 17.9 Å². The first-order chi connectivity index (χ1) is 7.16. The Morgan fingerprint density at radius 2 is 2.13 bits per heavy atom. The van der Waals surface area contributed by atoms with Crippen LogP contribution in [0.3, 0.4) is 0 Å². The van der Waals surface area contributed by atoms with Gasteiger partial charge in [0, 0.05) is 31.1 Å². The fourth-order valence-electron chi connectivity index (χ4n) is 1.76. The van der Waals surface area contributed by atoms with Gasteiger partial charge in [-0.2, -0.15) is 0 Å². The summed E-state index contributed by atoms with van der Waals surface area (Å²) in [5.41, 5.74) is 0.447. The van der Waals surface area contributed by atoms with Crippen molar-refractivity contribution in [1.82, 2.24) is 4.90 Å². The summed E-state index contributed by atoms with van der Waals surface area (Å²) in [6.07, 6.45) is 1.70. The molecule has 1 N–H and O–H groups in total. The maximum atomic E-state index is 13.3. The van der Waals surface area contributed by atoms with Crippen LogP contribution in [-0.2, 0) is 6.54 Å². The van der Waals surface area contributed by atoms with Gasteiger partial charge < -0.3 is 4.90 Å². The van der Waals surface area contributed by atoms with Gasteiger partial charge in [-0.1, -0.05) is 6.07 Å². The van der Waals surface area contributed by atoms with Gasteiger partial charge in [0.1, 0.15) is 11.6 Å². The number of nitrogens with one attached hydrogen (secondary N) is 1. The van der Waals surface area contributed by atoms with E-state index in [0.717, 1.165) is 25.5 Å². The van der Waals surface area contributed by atoms with Gasteiger partial charge in [-0.25, -0.2) is 8.78 Å². The predicted octanol–water partition coefficient (Wildman–Crippen LogP) is 2.54. The molecule has 80 valence electrons.